The summed E-state index contributed by atoms with van der Waals surface area (Å²) in [4.78, 5) is 0. The third-order valence-electron chi connectivity index (χ3n) is 2.96. The van der Waals surface area contributed by atoms with Crippen LogP contribution in [0, 0.1) is 12.3 Å². The normalized spacial score (nSPS) is 10.4. The van der Waals surface area contributed by atoms with Crippen LogP contribution in [0.25, 0.3) is 10.9 Å². The van der Waals surface area contributed by atoms with Crippen LogP contribution in [0.3, 0.4) is 0 Å². The molecular weight excluding hydrogens is 222 g/mol. The Morgan fingerprint density at radius 2 is 2.22 bits per heavy atom. The maximum absolute atomic E-state index is 5.76. The summed E-state index contributed by atoms with van der Waals surface area (Å²) in [5.74, 6) is 3.66. The van der Waals surface area contributed by atoms with Crippen molar-refractivity contribution in [1.82, 2.24) is 4.57 Å². The summed E-state index contributed by atoms with van der Waals surface area (Å²) >= 11 is 0. The van der Waals surface area contributed by atoms with E-state index in [0.717, 1.165) is 38.2 Å². The van der Waals surface area contributed by atoms with Crippen LogP contribution in [0.1, 0.15) is 26.2 Å². The van der Waals surface area contributed by atoms with Gasteiger partial charge in [0.25, 0.3) is 0 Å². The monoisotopic (exact) mass is 241 g/mol. The molecule has 2 rings (SSSR count). The van der Waals surface area contributed by atoms with Crippen molar-refractivity contribution in [1.29, 1.82) is 0 Å². The van der Waals surface area contributed by atoms with Crippen molar-refractivity contribution in [2.24, 2.45) is 0 Å². The van der Waals surface area contributed by atoms with Gasteiger partial charge < -0.3 is 9.30 Å². The number of benzene rings is 1. The highest BCUT2D eigenvalue weighted by atomic mass is 16.5. The highest BCUT2D eigenvalue weighted by Crippen LogP contribution is 2.26. The number of terminal acetylenes is 1. The summed E-state index contributed by atoms with van der Waals surface area (Å²) in [5, 5.41) is 1.19. The quantitative estimate of drug-likeness (QED) is 0.553. The average Bonchev–Trinajstić information content (AvgIpc) is 2.81. The lowest BCUT2D eigenvalue weighted by Gasteiger charge is -2.07. The molecule has 0 bridgehead atoms. The average molecular weight is 241 g/mol. The van der Waals surface area contributed by atoms with Crippen molar-refractivity contribution in [3.8, 4) is 18.1 Å². The SMILES string of the molecule is C#CCCCn1ccc2c(OCCC)cccc21. The first-order chi connectivity index (χ1) is 8.86. The molecule has 2 aromatic rings. The molecule has 0 spiro atoms. The molecule has 0 unspecified atom stereocenters. The van der Waals surface area contributed by atoms with Crippen molar-refractivity contribution in [2.45, 2.75) is 32.7 Å². The topological polar surface area (TPSA) is 14.2 Å². The molecule has 1 heterocycles. The third kappa shape index (κ3) is 2.68. The fraction of sp³-hybridized carbons (Fsp3) is 0.375. The number of ether oxygens (including phenoxy) is 1. The molecule has 18 heavy (non-hydrogen) atoms. The molecule has 0 N–H and O–H groups in total. The van der Waals surface area contributed by atoms with Gasteiger partial charge in [0, 0.05) is 24.5 Å². The minimum absolute atomic E-state index is 0.765. The van der Waals surface area contributed by atoms with E-state index in [4.69, 9.17) is 11.2 Å². The molecule has 1 aromatic heterocycles. The molecule has 0 radical (unpaired) electrons. The van der Waals surface area contributed by atoms with Gasteiger partial charge in [-0.05, 0) is 31.0 Å². The van der Waals surface area contributed by atoms with Crippen molar-refractivity contribution < 1.29 is 4.74 Å². The molecule has 1 aromatic carbocycles. The molecule has 0 fully saturated rings. The number of rotatable bonds is 6. The Morgan fingerprint density at radius 1 is 1.33 bits per heavy atom. The summed E-state index contributed by atoms with van der Waals surface area (Å²) in [6.07, 6.45) is 10.3. The Bertz CT molecular complexity index is 548. The lowest BCUT2D eigenvalue weighted by Crippen LogP contribution is -1.97. The van der Waals surface area contributed by atoms with Crippen LogP contribution in [0.2, 0.25) is 0 Å². The lowest BCUT2D eigenvalue weighted by atomic mass is 10.2. The smallest absolute Gasteiger partial charge is 0.128 e. The molecule has 2 heteroatoms. The van der Waals surface area contributed by atoms with E-state index >= 15 is 0 Å². The van der Waals surface area contributed by atoms with Crippen molar-refractivity contribution in [3.63, 3.8) is 0 Å². The maximum atomic E-state index is 5.76. The summed E-state index contributed by atoms with van der Waals surface area (Å²) in [5.41, 5.74) is 1.22. The molecule has 94 valence electrons. The molecule has 0 aliphatic heterocycles. The largest absolute Gasteiger partial charge is 0.493 e. The Morgan fingerprint density at radius 3 is 3.00 bits per heavy atom. The number of unbranched alkanes of at least 4 members (excludes halogenated alkanes) is 1. The fourth-order valence-electron chi connectivity index (χ4n) is 2.08. The Kier molecular flexibility index (Phi) is 4.30. The van der Waals surface area contributed by atoms with Crippen LogP contribution in [0.15, 0.2) is 30.5 Å². The summed E-state index contributed by atoms with van der Waals surface area (Å²) in [6.45, 7) is 3.84. The first-order valence-corrected chi connectivity index (χ1v) is 6.51. The maximum Gasteiger partial charge on any atom is 0.128 e. The molecular formula is C16H19NO. The predicted molar refractivity (Wildman–Crippen MR) is 75.8 cm³/mol. The summed E-state index contributed by atoms with van der Waals surface area (Å²) in [7, 11) is 0. The number of aromatic nitrogens is 1. The first kappa shape index (κ1) is 12.6. The molecule has 0 amide bonds. The Hall–Kier alpha value is -1.88. The van der Waals surface area contributed by atoms with E-state index in [9.17, 15) is 0 Å². The van der Waals surface area contributed by atoms with Gasteiger partial charge in [0.2, 0.25) is 0 Å². The lowest BCUT2D eigenvalue weighted by molar-refractivity contribution is 0.321. The third-order valence-corrected chi connectivity index (χ3v) is 2.96. The number of aryl methyl sites for hydroxylation is 1. The number of hydrogen-bond donors (Lipinski definition) is 0. The van der Waals surface area contributed by atoms with E-state index in [2.05, 4.69) is 35.7 Å². The van der Waals surface area contributed by atoms with E-state index in [0.29, 0.717) is 0 Å². The van der Waals surface area contributed by atoms with Gasteiger partial charge in [-0.1, -0.05) is 13.0 Å². The van der Waals surface area contributed by atoms with E-state index in [-0.39, 0.29) is 0 Å². The van der Waals surface area contributed by atoms with Crippen molar-refractivity contribution in [2.75, 3.05) is 6.61 Å². The van der Waals surface area contributed by atoms with Gasteiger partial charge in [0.15, 0.2) is 0 Å². The number of fused-ring (bicyclic) bond motifs is 1. The molecule has 0 saturated carbocycles. The zero-order chi connectivity index (χ0) is 12.8. The second-order valence-electron chi connectivity index (χ2n) is 4.35. The molecule has 0 atom stereocenters. The number of nitrogens with zero attached hydrogens (tertiary/aromatic N) is 1. The van der Waals surface area contributed by atoms with Gasteiger partial charge in [-0.25, -0.2) is 0 Å². The van der Waals surface area contributed by atoms with Crippen molar-refractivity contribution >= 4 is 10.9 Å². The molecule has 2 nitrogen and oxygen atoms in total. The zero-order valence-corrected chi connectivity index (χ0v) is 10.9. The molecule has 0 aliphatic carbocycles. The van der Waals surface area contributed by atoms with Gasteiger partial charge in [-0.3, -0.25) is 0 Å². The second-order valence-corrected chi connectivity index (χ2v) is 4.35. The van der Waals surface area contributed by atoms with Crippen LogP contribution in [-0.4, -0.2) is 11.2 Å². The number of hydrogen-bond acceptors (Lipinski definition) is 1. The zero-order valence-electron chi connectivity index (χ0n) is 10.9. The van der Waals surface area contributed by atoms with Gasteiger partial charge in [0.05, 0.1) is 12.1 Å². The van der Waals surface area contributed by atoms with Gasteiger partial charge >= 0.3 is 0 Å². The van der Waals surface area contributed by atoms with Gasteiger partial charge in [0.1, 0.15) is 5.75 Å². The first-order valence-electron chi connectivity index (χ1n) is 6.51. The van der Waals surface area contributed by atoms with Crippen LogP contribution in [-0.2, 0) is 6.54 Å². The van der Waals surface area contributed by atoms with Crippen LogP contribution in [0.4, 0.5) is 0 Å². The second kappa shape index (κ2) is 6.16. The molecule has 0 aliphatic rings. The van der Waals surface area contributed by atoms with Crippen LogP contribution in [0.5, 0.6) is 5.75 Å². The minimum atomic E-state index is 0.765. The highest BCUT2D eigenvalue weighted by molar-refractivity contribution is 5.86. The van der Waals surface area contributed by atoms with Gasteiger partial charge in [-0.15, -0.1) is 12.3 Å². The van der Waals surface area contributed by atoms with Crippen LogP contribution < -0.4 is 4.74 Å². The summed E-state index contributed by atoms with van der Waals surface area (Å²) < 4.78 is 8.00. The summed E-state index contributed by atoms with van der Waals surface area (Å²) in [6, 6.07) is 8.33. The van der Waals surface area contributed by atoms with E-state index < -0.39 is 0 Å². The van der Waals surface area contributed by atoms with Gasteiger partial charge in [-0.2, -0.15) is 0 Å². The van der Waals surface area contributed by atoms with Crippen LogP contribution >= 0.6 is 0 Å². The molecule has 0 saturated heterocycles. The minimum Gasteiger partial charge on any atom is -0.493 e. The fourth-order valence-corrected chi connectivity index (χ4v) is 2.08. The Labute approximate surface area is 109 Å². The predicted octanol–water partition coefficient (Wildman–Crippen LogP) is 3.84. The van der Waals surface area contributed by atoms with E-state index in [1.165, 1.54) is 10.9 Å². The highest BCUT2D eigenvalue weighted by Gasteiger charge is 2.05. The van der Waals surface area contributed by atoms with E-state index in [1.807, 2.05) is 12.1 Å². The van der Waals surface area contributed by atoms with E-state index in [1.54, 1.807) is 0 Å². The van der Waals surface area contributed by atoms with Crippen molar-refractivity contribution in [3.05, 3.63) is 30.5 Å². The Balaban J connectivity index is 2.22. The standard InChI is InChI=1S/C16H19NO/c1-3-5-6-11-17-12-10-14-15(17)8-7-9-16(14)18-13-4-2/h1,7-10,12H,4-6,11,13H2,2H3.